The number of aryl methyl sites for hydroxylation is 1. The average molecular weight is 176 g/mol. The van der Waals surface area contributed by atoms with Gasteiger partial charge in [0.05, 0.1) is 26.1 Å². The van der Waals surface area contributed by atoms with Gasteiger partial charge in [0.1, 0.15) is 0 Å². The zero-order chi connectivity index (χ0) is 12.6. The summed E-state index contributed by atoms with van der Waals surface area (Å²) >= 11 is 0.917. The van der Waals surface area contributed by atoms with E-state index in [1.54, 1.807) is 13.8 Å². The van der Waals surface area contributed by atoms with Crippen LogP contribution >= 0.6 is 11.3 Å². The quantitative estimate of drug-likeness (QED) is 0.705. The minimum atomic E-state index is -2.29. The molecule has 0 N–H and O–H groups in total. The second kappa shape index (κ2) is 3.83. The average Bonchev–Trinajstić information content (AvgIpc) is 2.47. The predicted octanol–water partition coefficient (Wildman–Crippen LogP) is 2.38. The van der Waals surface area contributed by atoms with Crippen molar-refractivity contribution in [2.24, 2.45) is 0 Å². The first-order valence-electron chi connectivity index (χ1n) is 5.77. The standard InChI is InChI=1S/C8H13NOS/c1-6(2)10-4-8-5-11-7(3)9-8/h5-6H,4H2,1-3H3/i3D3,4D2. The molecule has 0 atom stereocenters. The molecule has 0 saturated heterocycles. The Balaban J connectivity index is 2.93. The lowest BCUT2D eigenvalue weighted by molar-refractivity contribution is 0.0638. The van der Waals surface area contributed by atoms with Crippen molar-refractivity contribution >= 4 is 11.3 Å². The maximum Gasteiger partial charge on any atom is 0.0900 e. The molecular formula is C8H13NOS. The van der Waals surface area contributed by atoms with Crippen molar-refractivity contribution in [1.82, 2.24) is 4.98 Å². The van der Waals surface area contributed by atoms with Crippen molar-refractivity contribution in [2.45, 2.75) is 33.4 Å². The zero-order valence-corrected chi connectivity index (χ0v) is 7.23. The van der Waals surface area contributed by atoms with Crippen LogP contribution in [0.4, 0.5) is 0 Å². The zero-order valence-electron chi connectivity index (χ0n) is 11.4. The van der Waals surface area contributed by atoms with Gasteiger partial charge in [-0.3, -0.25) is 0 Å². The minimum Gasteiger partial charge on any atom is -0.372 e. The van der Waals surface area contributed by atoms with Gasteiger partial charge in [0.2, 0.25) is 0 Å². The molecule has 0 unspecified atom stereocenters. The van der Waals surface area contributed by atoms with Gasteiger partial charge in [-0.15, -0.1) is 11.3 Å². The second-order valence-electron chi connectivity index (χ2n) is 2.31. The second-order valence-corrected chi connectivity index (χ2v) is 3.16. The lowest BCUT2D eigenvalue weighted by atomic mass is 10.4. The highest BCUT2D eigenvalue weighted by Crippen LogP contribution is 2.09. The first-order chi connectivity index (χ1) is 7.13. The van der Waals surface area contributed by atoms with E-state index in [0.717, 1.165) is 11.3 Å². The molecule has 2 nitrogen and oxygen atoms in total. The van der Waals surface area contributed by atoms with Crippen LogP contribution in [-0.4, -0.2) is 11.1 Å². The van der Waals surface area contributed by atoms with E-state index in [4.69, 9.17) is 11.6 Å². The fraction of sp³-hybridized carbons (Fsp3) is 0.625. The third-order valence-electron chi connectivity index (χ3n) is 0.903. The van der Waals surface area contributed by atoms with Gasteiger partial charge in [-0.2, -0.15) is 0 Å². The van der Waals surface area contributed by atoms with Crippen molar-refractivity contribution in [3.05, 3.63) is 16.1 Å². The van der Waals surface area contributed by atoms with Gasteiger partial charge < -0.3 is 4.74 Å². The highest BCUT2D eigenvalue weighted by atomic mass is 32.1. The molecule has 0 aromatic carbocycles. The molecule has 0 radical (unpaired) electrons. The summed E-state index contributed by atoms with van der Waals surface area (Å²) in [4.78, 5) is 3.76. The van der Waals surface area contributed by atoms with Crippen LogP contribution in [0.15, 0.2) is 5.38 Å². The Morgan fingerprint density at radius 2 is 2.73 bits per heavy atom. The highest BCUT2D eigenvalue weighted by molar-refractivity contribution is 7.09. The van der Waals surface area contributed by atoms with Crippen LogP contribution in [0.3, 0.4) is 0 Å². The molecule has 1 rings (SSSR count). The number of rotatable bonds is 3. The number of aromatic nitrogens is 1. The Morgan fingerprint density at radius 3 is 3.27 bits per heavy atom. The van der Waals surface area contributed by atoms with Crippen LogP contribution in [0, 0.1) is 6.85 Å². The van der Waals surface area contributed by atoms with Crippen LogP contribution in [0.1, 0.15) is 31.4 Å². The Kier molecular flexibility index (Phi) is 1.40. The summed E-state index contributed by atoms with van der Waals surface area (Å²) in [6.07, 6.45) is -0.298. The molecule has 0 fully saturated rings. The van der Waals surface area contributed by atoms with E-state index < -0.39 is 13.4 Å². The number of hydrogen-bond donors (Lipinski definition) is 0. The maximum absolute atomic E-state index is 7.62. The summed E-state index contributed by atoms with van der Waals surface area (Å²) in [6.45, 7) is -0.936. The van der Waals surface area contributed by atoms with Crippen molar-refractivity contribution < 1.29 is 11.6 Å². The highest BCUT2D eigenvalue weighted by Gasteiger charge is 1.99. The summed E-state index contributed by atoms with van der Waals surface area (Å²) in [7, 11) is 0. The monoisotopic (exact) mass is 176 g/mol. The molecule has 0 spiro atoms. The van der Waals surface area contributed by atoms with Crippen LogP contribution in [0.5, 0.6) is 0 Å². The van der Waals surface area contributed by atoms with Crippen LogP contribution in [-0.2, 0) is 11.3 Å². The molecule has 1 heterocycles. The molecule has 0 amide bonds. The Hall–Kier alpha value is -0.410. The van der Waals surface area contributed by atoms with E-state index in [1.807, 2.05) is 0 Å². The smallest absolute Gasteiger partial charge is 0.0900 e. The predicted molar refractivity (Wildman–Crippen MR) is 46.8 cm³/mol. The van der Waals surface area contributed by atoms with Crippen LogP contribution in [0.25, 0.3) is 0 Å². The molecule has 0 aliphatic heterocycles. The van der Waals surface area contributed by atoms with Crippen molar-refractivity contribution in [3.8, 4) is 0 Å². The molecule has 0 saturated carbocycles. The van der Waals surface area contributed by atoms with Gasteiger partial charge in [0, 0.05) is 9.49 Å². The summed E-state index contributed by atoms with van der Waals surface area (Å²) in [5.74, 6) is 0. The van der Waals surface area contributed by atoms with Gasteiger partial charge in [-0.25, -0.2) is 4.98 Å². The maximum atomic E-state index is 7.62. The topological polar surface area (TPSA) is 22.1 Å². The van der Waals surface area contributed by atoms with E-state index in [2.05, 4.69) is 4.98 Å². The van der Waals surface area contributed by atoms with E-state index in [9.17, 15) is 0 Å². The summed E-state index contributed by atoms with van der Waals surface area (Å²) in [5, 5.41) is 1.31. The normalized spacial score (nSPS) is 20.1. The molecule has 0 aliphatic carbocycles. The van der Waals surface area contributed by atoms with E-state index in [1.165, 1.54) is 5.38 Å². The third kappa shape index (κ3) is 2.99. The summed E-state index contributed by atoms with van der Waals surface area (Å²) in [6, 6.07) is 0. The fourth-order valence-corrected chi connectivity index (χ4v) is 0.974. The molecule has 1 aromatic heterocycles. The van der Waals surface area contributed by atoms with Gasteiger partial charge >= 0.3 is 0 Å². The largest absolute Gasteiger partial charge is 0.372 e. The Morgan fingerprint density at radius 1 is 1.91 bits per heavy atom. The molecule has 3 heteroatoms. The van der Waals surface area contributed by atoms with Crippen molar-refractivity contribution in [1.29, 1.82) is 0 Å². The van der Waals surface area contributed by atoms with Crippen molar-refractivity contribution in [2.75, 3.05) is 0 Å². The lowest BCUT2D eigenvalue weighted by Gasteiger charge is -2.03. The first kappa shape index (κ1) is 4.01. The van der Waals surface area contributed by atoms with Crippen LogP contribution < -0.4 is 0 Å². The van der Waals surface area contributed by atoms with Gasteiger partial charge in [-0.1, -0.05) is 0 Å². The van der Waals surface area contributed by atoms with E-state index in [0.29, 0.717) is 0 Å². The van der Waals surface area contributed by atoms with Gasteiger partial charge in [0.25, 0.3) is 0 Å². The fourth-order valence-electron chi connectivity index (χ4n) is 0.499. The van der Waals surface area contributed by atoms with Crippen LogP contribution in [0.2, 0.25) is 0 Å². The number of hydrogen-bond acceptors (Lipinski definition) is 3. The van der Waals surface area contributed by atoms with Crippen molar-refractivity contribution in [3.63, 3.8) is 0 Å². The summed E-state index contributed by atoms with van der Waals surface area (Å²) < 4.78 is 41.7. The Labute approximate surface area is 78.3 Å². The van der Waals surface area contributed by atoms with E-state index >= 15 is 0 Å². The van der Waals surface area contributed by atoms with Gasteiger partial charge in [0.15, 0.2) is 0 Å². The summed E-state index contributed by atoms with van der Waals surface area (Å²) in [5.41, 5.74) is 0.0114. The molecule has 1 aromatic rings. The third-order valence-corrected chi connectivity index (χ3v) is 1.56. The first-order valence-corrected chi connectivity index (χ1v) is 4.15. The molecular weight excluding hydrogens is 158 g/mol. The number of nitrogens with zero attached hydrogens (tertiary/aromatic N) is 1. The SMILES string of the molecule is [2H]C([2H])([2H])c1nc(C([2H])([2H])OC(C)C)cs1. The molecule has 0 aliphatic rings. The number of thiazole rings is 1. The molecule has 0 bridgehead atoms. The van der Waals surface area contributed by atoms with Gasteiger partial charge in [-0.05, 0) is 20.7 Å². The Bertz CT molecular complexity index is 360. The molecule has 11 heavy (non-hydrogen) atoms. The molecule has 62 valence electrons. The lowest BCUT2D eigenvalue weighted by Crippen LogP contribution is -2.02. The van der Waals surface area contributed by atoms with E-state index in [-0.39, 0.29) is 16.8 Å². The number of ether oxygens (including phenoxy) is 1. The minimum absolute atomic E-state index is 0.0114.